The minimum absolute atomic E-state index is 0.293. The second-order valence-corrected chi connectivity index (χ2v) is 6.11. The van der Waals surface area contributed by atoms with E-state index in [0.717, 1.165) is 30.8 Å². The van der Waals surface area contributed by atoms with E-state index in [0.29, 0.717) is 5.78 Å². The molecule has 1 unspecified atom stereocenters. The van der Waals surface area contributed by atoms with Crippen LogP contribution >= 0.6 is 0 Å². The number of Topliss-reactive ketones (excluding diaryl/α,β-unsaturated/α-hetero) is 1. The van der Waals surface area contributed by atoms with Crippen molar-refractivity contribution in [3.05, 3.63) is 29.8 Å². The van der Waals surface area contributed by atoms with Crippen LogP contribution in [0.1, 0.15) is 16.8 Å². The molecule has 3 rings (SSSR count). The van der Waals surface area contributed by atoms with Gasteiger partial charge in [-0.3, -0.25) is 4.79 Å². The Hall–Kier alpha value is -1.22. The summed E-state index contributed by atoms with van der Waals surface area (Å²) in [6, 6.07) is 7.93. The van der Waals surface area contributed by atoms with Crippen molar-refractivity contribution in [3.63, 3.8) is 0 Å². The first-order valence-corrected chi connectivity index (χ1v) is 7.61. The first kappa shape index (κ1) is 16.2. The van der Waals surface area contributed by atoms with Gasteiger partial charge >= 0.3 is 0 Å². The molecule has 1 aromatic carbocycles. The first-order valence-electron chi connectivity index (χ1n) is 6.34. The molecule has 1 aromatic rings. The molecule has 0 saturated carbocycles. The van der Waals surface area contributed by atoms with E-state index in [2.05, 4.69) is 16.8 Å². The van der Waals surface area contributed by atoms with Crippen molar-refractivity contribution in [2.24, 2.45) is 0 Å². The van der Waals surface area contributed by atoms with Gasteiger partial charge in [0.15, 0.2) is 5.78 Å². The van der Waals surface area contributed by atoms with Crippen molar-refractivity contribution >= 4 is 11.5 Å². The Kier molecular flexibility index (Phi) is 4.25. The molecule has 7 nitrogen and oxygen atoms in total. The van der Waals surface area contributed by atoms with E-state index in [-0.39, 0.29) is 5.54 Å². The average molecular weight is 317 g/mol. The number of halogens is 1. The van der Waals surface area contributed by atoms with Gasteiger partial charge in [-0.15, -0.1) is 0 Å². The summed E-state index contributed by atoms with van der Waals surface area (Å²) in [5, 5.41) is 0. The van der Waals surface area contributed by atoms with Crippen LogP contribution in [0.5, 0.6) is 0 Å². The highest BCUT2D eigenvalue weighted by Crippen LogP contribution is 2.42. The number of rotatable bonds is 0. The molecular formula is C13H17ClN2O5. The maximum absolute atomic E-state index is 12.5. The van der Waals surface area contributed by atoms with Crippen molar-refractivity contribution in [2.45, 2.75) is 12.0 Å². The lowest BCUT2D eigenvalue weighted by Gasteiger charge is -2.32. The number of para-hydroxylation sites is 1. The summed E-state index contributed by atoms with van der Waals surface area (Å²) >= 11 is 0. The molecule has 1 spiro atoms. The van der Waals surface area contributed by atoms with Crippen molar-refractivity contribution in [3.8, 4) is 0 Å². The second kappa shape index (κ2) is 5.53. The smallest absolute Gasteiger partial charge is 0.191 e. The Labute approximate surface area is 124 Å². The van der Waals surface area contributed by atoms with Crippen molar-refractivity contribution in [1.29, 1.82) is 0 Å². The minimum Gasteiger partial charge on any atom is -0.360 e. The van der Waals surface area contributed by atoms with Crippen LogP contribution in [0, 0.1) is 10.2 Å². The standard InChI is InChI=1S/C13H16N2O.ClHO4/c1-14-8-7-13(9-14)12(16)10-5-3-4-6-11(10)15(13)2;2-1(3,4)5/h3-6H,7-9H2,1-2H3;(H,2,3,4,5). The number of nitrogens with zero attached hydrogens (tertiary/aromatic N) is 2. The van der Waals surface area contributed by atoms with Crippen molar-refractivity contribution in [2.75, 3.05) is 32.1 Å². The molecule has 0 bridgehead atoms. The van der Waals surface area contributed by atoms with Crippen LogP contribution < -0.4 is 18.9 Å². The van der Waals surface area contributed by atoms with Gasteiger partial charge in [0.1, 0.15) is 5.54 Å². The largest absolute Gasteiger partial charge is 0.360 e. The zero-order valence-electron chi connectivity index (χ0n) is 11.8. The quantitative estimate of drug-likeness (QED) is 0.553. The number of fused-ring (bicyclic) bond motifs is 1. The zero-order chi connectivity index (χ0) is 15.8. The summed E-state index contributed by atoms with van der Waals surface area (Å²) in [5.74, 6) is 0.301. The van der Waals surface area contributed by atoms with Crippen LogP contribution in [0.3, 0.4) is 0 Å². The van der Waals surface area contributed by atoms with Crippen LogP contribution in [0.25, 0.3) is 0 Å². The number of ketones is 1. The molecule has 1 fully saturated rings. The van der Waals surface area contributed by atoms with Crippen LogP contribution in [0.4, 0.5) is 5.69 Å². The Morgan fingerprint density at radius 3 is 2.29 bits per heavy atom. The number of carbonyl (C=O) groups excluding carboxylic acids is 1. The molecule has 2 heterocycles. The number of anilines is 1. The van der Waals surface area contributed by atoms with Gasteiger partial charge in [-0.05, 0) is 25.6 Å². The molecule has 21 heavy (non-hydrogen) atoms. The van der Waals surface area contributed by atoms with Crippen LogP contribution in [-0.2, 0) is 0 Å². The Bertz CT molecular complexity index is 542. The summed E-state index contributed by atoms with van der Waals surface area (Å²) < 4.78 is 32.7. The lowest BCUT2D eigenvalue weighted by molar-refractivity contribution is -1.92. The van der Waals surface area contributed by atoms with Crippen molar-refractivity contribution in [1.82, 2.24) is 4.90 Å². The summed E-state index contributed by atoms with van der Waals surface area (Å²) in [5.41, 5.74) is 1.68. The molecule has 1 N–H and O–H groups in total. The minimum atomic E-state index is -4.69. The second-order valence-electron chi connectivity index (χ2n) is 5.32. The molecule has 1 atom stereocenters. The van der Waals surface area contributed by atoms with E-state index in [9.17, 15) is 4.79 Å². The van der Waals surface area contributed by atoms with Gasteiger partial charge < -0.3 is 9.80 Å². The third-order valence-corrected chi connectivity index (χ3v) is 4.01. The van der Waals surface area contributed by atoms with E-state index < -0.39 is 10.2 Å². The highest BCUT2D eigenvalue weighted by Gasteiger charge is 2.52. The van der Waals surface area contributed by atoms with Crippen LogP contribution in [0.2, 0.25) is 0 Å². The van der Waals surface area contributed by atoms with E-state index in [4.69, 9.17) is 18.6 Å². The number of carbonyl (C=O) groups is 1. The lowest BCUT2D eigenvalue weighted by atomic mass is 9.92. The molecule has 2 aliphatic rings. The predicted octanol–water partition coefficient (Wildman–Crippen LogP) is -2.73. The fourth-order valence-electron chi connectivity index (χ4n) is 3.03. The van der Waals surface area contributed by atoms with E-state index in [1.807, 2.05) is 31.3 Å². The molecule has 0 aromatic heterocycles. The molecule has 8 heteroatoms. The molecule has 0 aliphatic carbocycles. The number of likely N-dealkylation sites (N-methyl/N-ethyl adjacent to an activating group) is 2. The van der Waals surface area contributed by atoms with Crippen LogP contribution in [-0.4, -0.2) is 48.1 Å². The third kappa shape index (κ3) is 3.18. The van der Waals surface area contributed by atoms with E-state index in [1.54, 1.807) is 0 Å². The summed E-state index contributed by atoms with van der Waals surface area (Å²) in [4.78, 5) is 16.9. The van der Waals surface area contributed by atoms with Gasteiger partial charge in [0, 0.05) is 31.4 Å². The number of hydrogen-bond donors (Lipinski definition) is 1. The molecule has 2 aliphatic heterocycles. The Morgan fingerprint density at radius 1 is 1.24 bits per heavy atom. The lowest BCUT2D eigenvalue weighted by Crippen LogP contribution is -2.58. The number of hydrogen-bond acceptors (Lipinski definition) is 7. The highest BCUT2D eigenvalue weighted by molar-refractivity contribution is 6.14. The maximum atomic E-state index is 12.5. The zero-order valence-corrected chi connectivity index (χ0v) is 12.5. The van der Waals surface area contributed by atoms with Gasteiger partial charge in [-0.25, -0.2) is 0 Å². The monoisotopic (exact) mass is 316 g/mol. The predicted molar refractivity (Wildman–Crippen MR) is 66.2 cm³/mol. The third-order valence-electron chi connectivity index (χ3n) is 4.01. The SMILES string of the molecule is CN1CCC2(C1)C(=O)c1ccccc1N2C.[O-][Cl+3]([O-])([O-])O. The summed E-state index contributed by atoms with van der Waals surface area (Å²) in [7, 11) is -0.568. The normalized spacial score (nSPS) is 25.0. The highest BCUT2D eigenvalue weighted by atomic mass is 35.7. The van der Waals surface area contributed by atoms with Gasteiger partial charge in [0.05, 0.1) is 14.9 Å². The molecular weight excluding hydrogens is 300 g/mol. The van der Waals surface area contributed by atoms with Gasteiger partial charge in [0.2, 0.25) is 0 Å². The summed E-state index contributed by atoms with van der Waals surface area (Å²) in [6.45, 7) is 1.85. The van der Waals surface area contributed by atoms with Crippen molar-refractivity contribution < 1.29 is 33.7 Å². The topological polar surface area (TPSA) is 113 Å². The van der Waals surface area contributed by atoms with E-state index >= 15 is 0 Å². The first-order chi connectivity index (χ1) is 9.65. The molecule has 116 valence electrons. The van der Waals surface area contributed by atoms with Gasteiger partial charge in [0.25, 0.3) is 0 Å². The van der Waals surface area contributed by atoms with Crippen LogP contribution in [0.15, 0.2) is 24.3 Å². The Morgan fingerprint density at radius 2 is 1.81 bits per heavy atom. The Balaban J connectivity index is 0.000000282. The summed E-state index contributed by atoms with van der Waals surface area (Å²) in [6.07, 6.45) is 0.938. The van der Waals surface area contributed by atoms with Gasteiger partial charge in [-0.2, -0.15) is 14.0 Å². The average Bonchev–Trinajstić information content (AvgIpc) is 2.86. The molecule has 0 amide bonds. The maximum Gasteiger partial charge on any atom is 0.191 e. The molecule has 1 saturated heterocycles. The fourth-order valence-corrected chi connectivity index (χ4v) is 3.03. The number of benzene rings is 1. The number of likely N-dealkylation sites (tertiary alicyclic amines) is 1. The fraction of sp³-hybridized carbons (Fsp3) is 0.462. The van der Waals surface area contributed by atoms with E-state index in [1.165, 1.54) is 0 Å². The van der Waals surface area contributed by atoms with Gasteiger partial charge in [-0.1, -0.05) is 12.1 Å². The molecule has 0 radical (unpaired) electrons.